The predicted molar refractivity (Wildman–Crippen MR) is 64.2 cm³/mol. The van der Waals surface area contributed by atoms with Gasteiger partial charge in [0.1, 0.15) is 6.42 Å². The topological polar surface area (TPSA) is 70.1 Å². The molecule has 1 unspecified atom stereocenters. The maximum absolute atomic E-state index is 11.6. The molecule has 0 aromatic rings. The van der Waals surface area contributed by atoms with Crippen molar-refractivity contribution >= 4 is 11.9 Å². The van der Waals surface area contributed by atoms with Gasteiger partial charge < -0.3 is 14.7 Å². The summed E-state index contributed by atoms with van der Waals surface area (Å²) in [5.74, 6) is -1.33. The van der Waals surface area contributed by atoms with Gasteiger partial charge in [-0.05, 0) is 12.8 Å². The lowest BCUT2D eigenvalue weighted by Crippen LogP contribution is -2.50. The average molecular weight is 256 g/mol. The van der Waals surface area contributed by atoms with E-state index in [0.29, 0.717) is 19.2 Å². The van der Waals surface area contributed by atoms with Crippen LogP contribution in [0.3, 0.4) is 0 Å². The third kappa shape index (κ3) is 3.68. The molecule has 0 aromatic carbocycles. The molecule has 1 amide bonds. The molecule has 2 aliphatic rings. The van der Waals surface area contributed by atoms with E-state index in [1.165, 1.54) is 0 Å². The van der Waals surface area contributed by atoms with E-state index in [1.54, 1.807) is 4.90 Å². The van der Waals surface area contributed by atoms with Crippen LogP contribution >= 0.6 is 0 Å². The molecule has 0 spiro atoms. The Kier molecular flexibility index (Phi) is 4.54. The minimum Gasteiger partial charge on any atom is -0.481 e. The molecule has 6 nitrogen and oxygen atoms in total. The van der Waals surface area contributed by atoms with E-state index >= 15 is 0 Å². The standard InChI is InChI=1S/C12H20N2O4/c15-11(8-12(16)17)14-5-3-13(4-6-14)9-10-2-1-7-18-10/h10H,1-9H2,(H,16,17). The minimum absolute atomic E-state index is 0.278. The molecule has 1 atom stereocenters. The van der Waals surface area contributed by atoms with E-state index in [1.807, 2.05) is 0 Å². The molecule has 0 saturated carbocycles. The van der Waals surface area contributed by atoms with Gasteiger partial charge in [-0.25, -0.2) is 0 Å². The van der Waals surface area contributed by atoms with Gasteiger partial charge in [-0.15, -0.1) is 0 Å². The Labute approximate surface area is 106 Å². The second kappa shape index (κ2) is 6.15. The number of carboxylic acids is 1. The summed E-state index contributed by atoms with van der Waals surface area (Å²) in [4.78, 5) is 26.0. The Hall–Kier alpha value is -1.14. The van der Waals surface area contributed by atoms with Gasteiger partial charge in [0.25, 0.3) is 0 Å². The Morgan fingerprint density at radius 1 is 1.22 bits per heavy atom. The zero-order valence-corrected chi connectivity index (χ0v) is 10.5. The van der Waals surface area contributed by atoms with Crippen LogP contribution in [0.2, 0.25) is 0 Å². The number of ether oxygens (including phenoxy) is 1. The largest absolute Gasteiger partial charge is 0.481 e. The lowest BCUT2D eigenvalue weighted by atomic mass is 10.2. The molecule has 0 aromatic heterocycles. The Bertz CT molecular complexity index is 307. The fraction of sp³-hybridized carbons (Fsp3) is 0.833. The van der Waals surface area contributed by atoms with Crippen molar-refractivity contribution in [2.75, 3.05) is 39.3 Å². The molecule has 1 N–H and O–H groups in total. The number of nitrogens with zero attached hydrogens (tertiary/aromatic N) is 2. The highest BCUT2D eigenvalue weighted by Gasteiger charge is 2.25. The van der Waals surface area contributed by atoms with E-state index in [-0.39, 0.29) is 5.91 Å². The van der Waals surface area contributed by atoms with Gasteiger partial charge in [0.15, 0.2) is 0 Å². The monoisotopic (exact) mass is 256 g/mol. The fourth-order valence-electron chi connectivity index (χ4n) is 2.50. The highest BCUT2D eigenvalue weighted by atomic mass is 16.5. The fourth-order valence-corrected chi connectivity index (χ4v) is 2.50. The number of aliphatic carboxylic acids is 1. The Morgan fingerprint density at radius 2 is 1.94 bits per heavy atom. The Balaban J connectivity index is 1.70. The van der Waals surface area contributed by atoms with Crippen LogP contribution < -0.4 is 0 Å². The van der Waals surface area contributed by atoms with Gasteiger partial charge in [-0.1, -0.05) is 0 Å². The first-order valence-electron chi connectivity index (χ1n) is 6.48. The van der Waals surface area contributed by atoms with Crippen LogP contribution in [0, 0.1) is 0 Å². The van der Waals surface area contributed by atoms with Crippen molar-refractivity contribution in [2.45, 2.75) is 25.4 Å². The van der Waals surface area contributed by atoms with Crippen LogP contribution in [0.5, 0.6) is 0 Å². The summed E-state index contributed by atoms with van der Waals surface area (Å²) >= 11 is 0. The van der Waals surface area contributed by atoms with Crippen molar-refractivity contribution in [2.24, 2.45) is 0 Å². The van der Waals surface area contributed by atoms with Crippen LogP contribution in [0.25, 0.3) is 0 Å². The number of amides is 1. The average Bonchev–Trinajstić information content (AvgIpc) is 2.82. The van der Waals surface area contributed by atoms with Crippen LogP contribution in [-0.2, 0) is 14.3 Å². The number of carbonyl (C=O) groups excluding carboxylic acids is 1. The number of rotatable bonds is 4. The maximum Gasteiger partial charge on any atom is 0.312 e. The second-order valence-corrected chi connectivity index (χ2v) is 4.89. The van der Waals surface area contributed by atoms with Gasteiger partial charge >= 0.3 is 5.97 Å². The van der Waals surface area contributed by atoms with E-state index in [2.05, 4.69) is 4.90 Å². The zero-order chi connectivity index (χ0) is 13.0. The molecular formula is C12H20N2O4. The predicted octanol–water partition coefficient (Wildman–Crippen LogP) is -0.216. The lowest BCUT2D eigenvalue weighted by Gasteiger charge is -2.35. The molecule has 2 fully saturated rings. The molecule has 0 radical (unpaired) electrons. The van der Waals surface area contributed by atoms with E-state index < -0.39 is 12.4 Å². The van der Waals surface area contributed by atoms with Gasteiger partial charge in [0, 0.05) is 39.3 Å². The number of carboxylic acid groups (broad SMARTS) is 1. The zero-order valence-electron chi connectivity index (χ0n) is 10.5. The quantitative estimate of drug-likeness (QED) is 0.704. The highest BCUT2D eigenvalue weighted by molar-refractivity contribution is 5.93. The Morgan fingerprint density at radius 3 is 2.50 bits per heavy atom. The highest BCUT2D eigenvalue weighted by Crippen LogP contribution is 2.14. The lowest BCUT2D eigenvalue weighted by molar-refractivity contribution is -0.145. The van der Waals surface area contributed by atoms with Gasteiger partial charge in [-0.2, -0.15) is 0 Å². The summed E-state index contributed by atoms with van der Waals surface area (Å²) in [5, 5.41) is 8.58. The van der Waals surface area contributed by atoms with Gasteiger partial charge in [0.05, 0.1) is 6.10 Å². The molecule has 2 heterocycles. The van der Waals surface area contributed by atoms with Crippen LogP contribution in [0.1, 0.15) is 19.3 Å². The third-order valence-electron chi connectivity index (χ3n) is 3.51. The molecule has 0 bridgehead atoms. The summed E-state index contributed by atoms with van der Waals surface area (Å²) < 4.78 is 5.58. The molecule has 2 saturated heterocycles. The first-order valence-corrected chi connectivity index (χ1v) is 6.48. The van der Waals surface area contributed by atoms with Crippen molar-refractivity contribution in [1.29, 1.82) is 0 Å². The molecule has 102 valence electrons. The smallest absolute Gasteiger partial charge is 0.312 e. The molecule has 18 heavy (non-hydrogen) atoms. The summed E-state index contributed by atoms with van der Waals surface area (Å²) in [5.41, 5.74) is 0. The minimum atomic E-state index is -1.05. The van der Waals surface area contributed by atoms with Crippen molar-refractivity contribution in [1.82, 2.24) is 9.80 Å². The second-order valence-electron chi connectivity index (χ2n) is 4.89. The first-order chi connectivity index (χ1) is 8.65. The summed E-state index contributed by atoms with van der Waals surface area (Å²) in [7, 11) is 0. The molecule has 2 rings (SSSR count). The van der Waals surface area contributed by atoms with Crippen molar-refractivity contribution in [3.05, 3.63) is 0 Å². The summed E-state index contributed by atoms with van der Waals surface area (Å²) in [6.07, 6.45) is 2.21. The van der Waals surface area contributed by atoms with E-state index in [0.717, 1.165) is 39.1 Å². The maximum atomic E-state index is 11.6. The molecule has 6 heteroatoms. The van der Waals surface area contributed by atoms with Crippen molar-refractivity contribution in [3.63, 3.8) is 0 Å². The number of carbonyl (C=O) groups is 2. The van der Waals surface area contributed by atoms with E-state index in [4.69, 9.17) is 9.84 Å². The van der Waals surface area contributed by atoms with Crippen LogP contribution in [-0.4, -0.2) is 72.2 Å². The number of piperazine rings is 1. The van der Waals surface area contributed by atoms with Crippen LogP contribution in [0.4, 0.5) is 0 Å². The molecular weight excluding hydrogens is 236 g/mol. The molecule has 2 aliphatic heterocycles. The number of hydrogen-bond acceptors (Lipinski definition) is 4. The van der Waals surface area contributed by atoms with Gasteiger partial charge in [0.2, 0.25) is 5.91 Å². The SMILES string of the molecule is O=C(O)CC(=O)N1CCN(CC2CCCO2)CC1. The summed E-state index contributed by atoms with van der Waals surface area (Å²) in [6, 6.07) is 0. The normalized spacial score (nSPS) is 25.3. The molecule has 0 aliphatic carbocycles. The van der Waals surface area contributed by atoms with E-state index in [9.17, 15) is 9.59 Å². The van der Waals surface area contributed by atoms with Crippen molar-refractivity contribution < 1.29 is 19.4 Å². The summed E-state index contributed by atoms with van der Waals surface area (Å²) in [6.45, 7) is 4.66. The van der Waals surface area contributed by atoms with Crippen molar-refractivity contribution in [3.8, 4) is 0 Å². The first kappa shape index (κ1) is 13.3. The number of hydrogen-bond donors (Lipinski definition) is 1. The van der Waals surface area contributed by atoms with Gasteiger partial charge in [-0.3, -0.25) is 14.5 Å². The third-order valence-corrected chi connectivity index (χ3v) is 3.51. The van der Waals surface area contributed by atoms with Crippen LogP contribution in [0.15, 0.2) is 0 Å².